The molecule has 130 valence electrons. The molecule has 0 saturated heterocycles. The van der Waals surface area contributed by atoms with Gasteiger partial charge in [0.05, 0.1) is 28.3 Å². The molecule has 0 atom stereocenters. The Morgan fingerprint density at radius 2 is 1.72 bits per heavy atom. The van der Waals surface area contributed by atoms with Crippen molar-refractivity contribution in [3.63, 3.8) is 0 Å². The number of hydrogen-bond donors (Lipinski definition) is 1. The lowest BCUT2D eigenvalue weighted by Crippen LogP contribution is -2.32. The fourth-order valence-electron chi connectivity index (χ4n) is 3.68. The van der Waals surface area contributed by atoms with Crippen LogP contribution in [0.15, 0.2) is 40.1 Å². The zero-order chi connectivity index (χ0) is 17.6. The van der Waals surface area contributed by atoms with Gasteiger partial charge in [-0.05, 0) is 37.8 Å². The number of hydrogen-bond acceptors (Lipinski definition) is 3. The van der Waals surface area contributed by atoms with E-state index in [1.807, 2.05) is 28.8 Å². The minimum atomic E-state index is -0.359. The van der Waals surface area contributed by atoms with E-state index in [0.29, 0.717) is 0 Å². The van der Waals surface area contributed by atoms with Crippen LogP contribution >= 0.6 is 23.2 Å². The summed E-state index contributed by atoms with van der Waals surface area (Å²) in [4.78, 5) is 27.5. The summed E-state index contributed by atoms with van der Waals surface area (Å²) in [5, 5.41) is 4.31. The Labute approximate surface area is 153 Å². The largest absolute Gasteiger partial charge is 0.326 e. The summed E-state index contributed by atoms with van der Waals surface area (Å²) >= 11 is 11.8. The van der Waals surface area contributed by atoms with Gasteiger partial charge in [-0.25, -0.2) is 9.48 Å². The first-order valence-electron chi connectivity index (χ1n) is 8.18. The van der Waals surface area contributed by atoms with Crippen LogP contribution in [0.5, 0.6) is 0 Å². The van der Waals surface area contributed by atoms with Crippen LogP contribution in [-0.2, 0) is 0 Å². The van der Waals surface area contributed by atoms with Gasteiger partial charge in [-0.1, -0.05) is 35.3 Å². The molecule has 3 aromatic rings. The molecule has 6 nitrogen and oxygen atoms in total. The van der Waals surface area contributed by atoms with E-state index in [0.717, 1.165) is 36.7 Å². The van der Waals surface area contributed by atoms with Crippen molar-refractivity contribution >= 4 is 34.2 Å². The molecule has 0 unspecified atom stereocenters. The molecule has 2 aromatic heterocycles. The van der Waals surface area contributed by atoms with Gasteiger partial charge in [0, 0.05) is 6.04 Å². The fourth-order valence-corrected chi connectivity index (χ4v) is 3.94. The minimum Gasteiger partial charge on any atom is -0.306 e. The van der Waals surface area contributed by atoms with Crippen LogP contribution in [0, 0.1) is 0 Å². The lowest BCUT2D eigenvalue weighted by atomic mass is 9.91. The van der Waals surface area contributed by atoms with Gasteiger partial charge in [0.25, 0.3) is 5.56 Å². The Balaban J connectivity index is 1.60. The average molecular weight is 379 g/mol. The molecule has 0 amide bonds. The van der Waals surface area contributed by atoms with E-state index in [4.69, 9.17) is 23.2 Å². The second kappa shape index (κ2) is 6.35. The summed E-state index contributed by atoms with van der Waals surface area (Å²) in [7, 11) is 0. The lowest BCUT2D eigenvalue weighted by Gasteiger charge is -2.29. The highest BCUT2D eigenvalue weighted by molar-refractivity contribution is 6.41. The Morgan fingerprint density at radius 1 is 1.04 bits per heavy atom. The number of aromatic amines is 1. The summed E-state index contributed by atoms with van der Waals surface area (Å²) in [6, 6.07) is 7.76. The predicted molar refractivity (Wildman–Crippen MR) is 97.6 cm³/mol. The number of halogens is 2. The van der Waals surface area contributed by atoms with Gasteiger partial charge in [0.15, 0.2) is 0 Å². The maximum atomic E-state index is 12.3. The summed E-state index contributed by atoms with van der Waals surface area (Å²) in [6.45, 7) is 0. The van der Waals surface area contributed by atoms with Crippen LogP contribution in [0.1, 0.15) is 37.8 Å². The maximum absolute atomic E-state index is 12.3. The highest BCUT2D eigenvalue weighted by Gasteiger charge is 2.27. The molecule has 2 heterocycles. The topological polar surface area (TPSA) is 72.7 Å². The van der Waals surface area contributed by atoms with Crippen molar-refractivity contribution in [1.29, 1.82) is 0 Å². The molecule has 0 aliphatic heterocycles. The highest BCUT2D eigenvalue weighted by Crippen LogP contribution is 2.35. The molecule has 0 radical (unpaired) electrons. The third-order valence-electron chi connectivity index (χ3n) is 4.90. The number of H-pyrrole nitrogens is 1. The van der Waals surface area contributed by atoms with Gasteiger partial charge in [-0.2, -0.15) is 5.10 Å². The quantitative estimate of drug-likeness (QED) is 0.740. The summed E-state index contributed by atoms with van der Waals surface area (Å²) < 4.78 is 3.25. The Bertz CT molecular complexity index is 1040. The van der Waals surface area contributed by atoms with Gasteiger partial charge in [0.2, 0.25) is 0 Å². The average Bonchev–Trinajstić information content (AvgIpc) is 2.96. The first kappa shape index (κ1) is 16.4. The molecule has 0 bridgehead atoms. The van der Waals surface area contributed by atoms with Gasteiger partial charge in [0.1, 0.15) is 5.02 Å². The minimum absolute atomic E-state index is 0.00615. The van der Waals surface area contributed by atoms with Crippen molar-refractivity contribution in [3.8, 4) is 0 Å². The van der Waals surface area contributed by atoms with Crippen molar-refractivity contribution in [2.75, 3.05) is 0 Å². The molecule has 0 spiro atoms. The van der Waals surface area contributed by atoms with E-state index in [1.165, 1.54) is 10.9 Å². The summed E-state index contributed by atoms with van der Waals surface area (Å²) in [5.41, 5.74) is 1.31. The number of para-hydroxylation sites is 2. The number of nitrogens with zero attached hydrogens (tertiary/aromatic N) is 3. The standard InChI is InChI=1S/C17H16Cl2N4O2/c18-12-9-20-23(16(24)15(12)19)11-7-5-10(6-8-11)22-14-4-2-1-3-13(14)21-17(22)25/h1-4,9-11H,5-8H2,(H,21,25)/t10-,11+. The monoisotopic (exact) mass is 378 g/mol. The first-order valence-corrected chi connectivity index (χ1v) is 8.94. The molecule has 1 aliphatic carbocycles. The lowest BCUT2D eigenvalue weighted by molar-refractivity contribution is 0.255. The first-order chi connectivity index (χ1) is 12.1. The smallest absolute Gasteiger partial charge is 0.306 e. The predicted octanol–water partition coefficient (Wildman–Crippen LogP) is 3.55. The Kier molecular flexibility index (Phi) is 4.17. The van der Waals surface area contributed by atoms with E-state index in [2.05, 4.69) is 10.1 Å². The van der Waals surface area contributed by atoms with Gasteiger partial charge in [-0.15, -0.1) is 0 Å². The van der Waals surface area contributed by atoms with Gasteiger partial charge >= 0.3 is 5.69 Å². The second-order valence-corrected chi connectivity index (χ2v) is 7.12. The highest BCUT2D eigenvalue weighted by atomic mass is 35.5. The molecule has 4 rings (SSSR count). The van der Waals surface area contributed by atoms with Crippen LogP contribution in [0.2, 0.25) is 10.0 Å². The molecule has 1 aliphatic rings. The van der Waals surface area contributed by atoms with E-state index < -0.39 is 0 Å². The Morgan fingerprint density at radius 3 is 2.48 bits per heavy atom. The molecule has 1 fully saturated rings. The Hall–Kier alpha value is -2.05. The number of nitrogens with one attached hydrogen (secondary N) is 1. The van der Waals surface area contributed by atoms with Gasteiger partial charge in [-0.3, -0.25) is 9.36 Å². The van der Waals surface area contributed by atoms with Crippen LogP contribution in [0.25, 0.3) is 11.0 Å². The number of fused-ring (bicyclic) bond motifs is 1. The SMILES string of the molecule is O=c1c(Cl)c(Cl)cnn1[C@H]1CC[C@@H](n2c(=O)[nH]c3ccccc32)CC1. The molecule has 1 N–H and O–H groups in total. The van der Waals surface area contributed by atoms with Crippen LogP contribution in [-0.4, -0.2) is 19.3 Å². The van der Waals surface area contributed by atoms with Crippen LogP contribution in [0.3, 0.4) is 0 Å². The number of imidazole rings is 1. The van der Waals surface area contributed by atoms with E-state index in [9.17, 15) is 9.59 Å². The van der Waals surface area contributed by atoms with Crippen molar-refractivity contribution < 1.29 is 0 Å². The molecule has 1 aromatic carbocycles. The van der Waals surface area contributed by atoms with E-state index in [1.54, 1.807) is 0 Å². The van der Waals surface area contributed by atoms with Crippen molar-refractivity contribution in [2.45, 2.75) is 37.8 Å². The normalized spacial score (nSPS) is 20.9. The second-order valence-electron chi connectivity index (χ2n) is 6.34. The van der Waals surface area contributed by atoms with Crippen molar-refractivity contribution in [1.82, 2.24) is 19.3 Å². The zero-order valence-corrected chi connectivity index (χ0v) is 14.8. The third kappa shape index (κ3) is 2.79. The van der Waals surface area contributed by atoms with Crippen molar-refractivity contribution in [3.05, 3.63) is 61.3 Å². The van der Waals surface area contributed by atoms with Crippen LogP contribution in [0.4, 0.5) is 0 Å². The number of aromatic nitrogens is 4. The zero-order valence-electron chi connectivity index (χ0n) is 13.3. The molecule has 25 heavy (non-hydrogen) atoms. The van der Waals surface area contributed by atoms with Gasteiger partial charge < -0.3 is 4.98 Å². The van der Waals surface area contributed by atoms with Crippen LogP contribution < -0.4 is 11.2 Å². The molecule has 1 saturated carbocycles. The molecular formula is C17H16Cl2N4O2. The number of rotatable bonds is 2. The molecular weight excluding hydrogens is 363 g/mol. The fraction of sp³-hybridized carbons (Fsp3) is 0.353. The number of benzene rings is 1. The molecule has 8 heteroatoms. The third-order valence-corrected chi connectivity index (χ3v) is 5.65. The maximum Gasteiger partial charge on any atom is 0.326 e. The summed E-state index contributed by atoms with van der Waals surface area (Å²) in [5.74, 6) is 0. The van der Waals surface area contributed by atoms with E-state index in [-0.39, 0.29) is 33.4 Å². The van der Waals surface area contributed by atoms with E-state index >= 15 is 0 Å². The van der Waals surface area contributed by atoms with Crippen molar-refractivity contribution in [2.24, 2.45) is 0 Å². The summed E-state index contributed by atoms with van der Waals surface area (Å²) in [6.07, 6.45) is 4.49.